The van der Waals surface area contributed by atoms with Crippen molar-refractivity contribution in [3.63, 3.8) is 0 Å². The van der Waals surface area contributed by atoms with Gasteiger partial charge in [0.2, 0.25) is 0 Å². The molecule has 0 radical (unpaired) electrons. The van der Waals surface area contributed by atoms with Crippen molar-refractivity contribution in [1.82, 2.24) is 0 Å². The number of hydrogen-bond acceptors (Lipinski definition) is 3. The molecule has 0 saturated heterocycles. The van der Waals surface area contributed by atoms with E-state index in [1.807, 2.05) is 0 Å². The van der Waals surface area contributed by atoms with Gasteiger partial charge in [0.15, 0.2) is 5.79 Å². The van der Waals surface area contributed by atoms with Crippen molar-refractivity contribution >= 4 is 35.5 Å². The summed E-state index contributed by atoms with van der Waals surface area (Å²) >= 11 is 0. The van der Waals surface area contributed by atoms with Crippen molar-refractivity contribution in [2.24, 2.45) is 0 Å². The second-order valence-electron chi connectivity index (χ2n) is 2.46. The standard InChI is InChI=1S/C6H12O4.Na.H/c1-6(9,10)4-2-3-5(7)8;;/h9-10H,2-4H2,1H3,(H,7,8);;. The third-order valence-electron chi connectivity index (χ3n) is 1.04. The van der Waals surface area contributed by atoms with Gasteiger partial charge < -0.3 is 15.3 Å². The Labute approximate surface area is 87.5 Å². The van der Waals surface area contributed by atoms with Gasteiger partial charge in [-0.05, 0) is 13.3 Å². The molecule has 0 aromatic heterocycles. The second kappa shape index (κ2) is 5.97. The Morgan fingerprint density at radius 1 is 1.45 bits per heavy atom. The summed E-state index contributed by atoms with van der Waals surface area (Å²) in [4.78, 5) is 9.92. The molecular formula is C6H13NaO4. The van der Waals surface area contributed by atoms with Crippen LogP contribution in [0.15, 0.2) is 0 Å². The van der Waals surface area contributed by atoms with Crippen LogP contribution in [0.2, 0.25) is 0 Å². The van der Waals surface area contributed by atoms with Crippen molar-refractivity contribution in [3.8, 4) is 0 Å². The van der Waals surface area contributed by atoms with Crippen molar-refractivity contribution in [1.29, 1.82) is 0 Å². The van der Waals surface area contributed by atoms with Gasteiger partial charge in [0.1, 0.15) is 0 Å². The van der Waals surface area contributed by atoms with Crippen molar-refractivity contribution < 1.29 is 20.1 Å². The maximum atomic E-state index is 9.92. The fourth-order valence-corrected chi connectivity index (χ4v) is 0.575. The molecule has 0 aliphatic rings. The molecule has 0 bridgehead atoms. The molecule has 62 valence electrons. The second-order valence-corrected chi connectivity index (χ2v) is 2.46. The van der Waals surface area contributed by atoms with Crippen LogP contribution < -0.4 is 0 Å². The molecule has 0 saturated carbocycles. The van der Waals surface area contributed by atoms with Gasteiger partial charge in [-0.15, -0.1) is 0 Å². The van der Waals surface area contributed by atoms with E-state index in [0.717, 1.165) is 0 Å². The van der Waals surface area contributed by atoms with Crippen LogP contribution in [0.25, 0.3) is 0 Å². The number of rotatable bonds is 4. The topological polar surface area (TPSA) is 77.8 Å². The molecule has 0 unspecified atom stereocenters. The van der Waals surface area contributed by atoms with Crippen LogP contribution in [0.3, 0.4) is 0 Å². The molecule has 0 aromatic carbocycles. The van der Waals surface area contributed by atoms with E-state index in [4.69, 9.17) is 15.3 Å². The van der Waals surface area contributed by atoms with E-state index < -0.39 is 11.8 Å². The van der Waals surface area contributed by atoms with Crippen molar-refractivity contribution in [2.75, 3.05) is 0 Å². The molecule has 0 aliphatic heterocycles. The molecule has 3 N–H and O–H groups in total. The van der Waals surface area contributed by atoms with Gasteiger partial charge in [-0.25, -0.2) is 0 Å². The molecular weight excluding hydrogens is 159 g/mol. The van der Waals surface area contributed by atoms with E-state index in [2.05, 4.69) is 0 Å². The first-order valence-electron chi connectivity index (χ1n) is 3.08. The van der Waals surface area contributed by atoms with Gasteiger partial charge in [-0.3, -0.25) is 4.79 Å². The van der Waals surface area contributed by atoms with Crippen LogP contribution in [0.4, 0.5) is 0 Å². The van der Waals surface area contributed by atoms with E-state index >= 15 is 0 Å². The summed E-state index contributed by atoms with van der Waals surface area (Å²) in [6.45, 7) is 1.23. The molecule has 0 atom stereocenters. The number of carboxylic acid groups (broad SMARTS) is 1. The number of aliphatic carboxylic acids is 1. The third-order valence-corrected chi connectivity index (χ3v) is 1.04. The van der Waals surface area contributed by atoms with Gasteiger partial charge in [0.25, 0.3) is 0 Å². The van der Waals surface area contributed by atoms with E-state index in [9.17, 15) is 4.79 Å². The Kier molecular flexibility index (Phi) is 7.57. The Hall–Kier alpha value is 0.390. The minimum atomic E-state index is -1.73. The molecule has 0 amide bonds. The average molecular weight is 172 g/mol. The molecule has 0 heterocycles. The summed E-state index contributed by atoms with van der Waals surface area (Å²) in [6, 6.07) is 0. The fraction of sp³-hybridized carbons (Fsp3) is 0.833. The first-order chi connectivity index (χ1) is 4.42. The number of aliphatic hydroxyl groups is 2. The number of carboxylic acids is 1. The number of carbonyl (C=O) groups is 1. The molecule has 0 aromatic rings. The third kappa shape index (κ3) is 13.4. The Morgan fingerprint density at radius 2 is 1.91 bits per heavy atom. The molecule has 4 nitrogen and oxygen atoms in total. The summed E-state index contributed by atoms with van der Waals surface area (Å²) in [5.74, 6) is -2.64. The Bertz CT molecular complexity index is 118. The number of hydrogen-bond donors (Lipinski definition) is 3. The summed E-state index contributed by atoms with van der Waals surface area (Å²) in [7, 11) is 0. The first-order valence-corrected chi connectivity index (χ1v) is 3.08. The molecule has 11 heavy (non-hydrogen) atoms. The summed E-state index contributed by atoms with van der Waals surface area (Å²) in [5, 5.41) is 25.5. The van der Waals surface area contributed by atoms with Gasteiger partial charge in [0.05, 0.1) is 0 Å². The molecule has 0 rings (SSSR count). The van der Waals surface area contributed by atoms with Gasteiger partial charge >= 0.3 is 35.5 Å². The predicted octanol–water partition coefficient (Wildman–Crippen LogP) is -0.706. The fourth-order valence-electron chi connectivity index (χ4n) is 0.575. The first kappa shape index (κ1) is 13.9. The van der Waals surface area contributed by atoms with Crippen LogP contribution in [-0.2, 0) is 4.79 Å². The van der Waals surface area contributed by atoms with E-state index in [1.165, 1.54) is 6.92 Å². The average Bonchev–Trinajstić information content (AvgIpc) is 1.59. The quantitative estimate of drug-likeness (QED) is 0.387. The van der Waals surface area contributed by atoms with Gasteiger partial charge in [-0.1, -0.05) is 0 Å². The zero-order chi connectivity index (χ0) is 8.20. The molecule has 0 spiro atoms. The summed E-state index contributed by atoms with van der Waals surface area (Å²) in [6.07, 6.45) is 0.370. The van der Waals surface area contributed by atoms with Crippen LogP contribution in [0.5, 0.6) is 0 Å². The minimum absolute atomic E-state index is 0. The van der Waals surface area contributed by atoms with Crippen LogP contribution in [0, 0.1) is 0 Å². The molecule has 0 aliphatic carbocycles. The van der Waals surface area contributed by atoms with Crippen LogP contribution in [0.1, 0.15) is 26.2 Å². The normalized spacial score (nSPS) is 10.5. The summed E-state index contributed by atoms with van der Waals surface area (Å²) in [5.41, 5.74) is 0. The Balaban J connectivity index is 0. The van der Waals surface area contributed by atoms with E-state index in [-0.39, 0.29) is 42.4 Å². The van der Waals surface area contributed by atoms with Gasteiger partial charge in [0, 0.05) is 12.8 Å². The molecule has 0 fully saturated rings. The monoisotopic (exact) mass is 172 g/mol. The maximum absolute atomic E-state index is 9.92. The van der Waals surface area contributed by atoms with E-state index in [0.29, 0.717) is 6.42 Å². The van der Waals surface area contributed by atoms with Crippen LogP contribution >= 0.6 is 0 Å². The zero-order valence-electron chi connectivity index (χ0n) is 5.87. The van der Waals surface area contributed by atoms with Crippen molar-refractivity contribution in [2.45, 2.75) is 32.0 Å². The van der Waals surface area contributed by atoms with Crippen molar-refractivity contribution in [3.05, 3.63) is 0 Å². The van der Waals surface area contributed by atoms with E-state index in [1.54, 1.807) is 0 Å². The SMILES string of the molecule is CC(O)(O)CCCC(=O)O.[NaH]. The predicted molar refractivity (Wildman–Crippen MR) is 41.5 cm³/mol. The Morgan fingerprint density at radius 3 is 2.18 bits per heavy atom. The molecule has 5 heteroatoms. The van der Waals surface area contributed by atoms with Crippen LogP contribution in [-0.4, -0.2) is 56.6 Å². The zero-order valence-corrected chi connectivity index (χ0v) is 5.87. The summed E-state index contributed by atoms with van der Waals surface area (Å²) < 4.78 is 0. The van der Waals surface area contributed by atoms with Gasteiger partial charge in [-0.2, -0.15) is 0 Å².